The van der Waals surface area contributed by atoms with Crippen LogP contribution in [0.15, 0.2) is 10.5 Å². The first-order valence-electron chi connectivity index (χ1n) is 6.23. The molecule has 0 spiro atoms. The molecule has 1 aromatic rings. The highest BCUT2D eigenvalue weighted by atomic mass is 79.9. The lowest BCUT2D eigenvalue weighted by molar-refractivity contribution is 0.0635. The van der Waals surface area contributed by atoms with E-state index in [1.54, 1.807) is 26.8 Å². The molecule has 0 unspecified atom stereocenters. The van der Waals surface area contributed by atoms with Gasteiger partial charge in [0, 0.05) is 12.0 Å². The van der Waals surface area contributed by atoms with Crippen LogP contribution in [0.5, 0.6) is 0 Å². The highest BCUT2D eigenvalue weighted by molar-refractivity contribution is 9.10. The zero-order valence-corrected chi connectivity index (χ0v) is 13.1. The normalized spacial score (nSPS) is 14.2. The molecule has 1 amide bonds. The Morgan fingerprint density at radius 3 is 2.65 bits per heavy atom. The first-order valence-corrected chi connectivity index (χ1v) is 7.02. The van der Waals surface area contributed by atoms with Gasteiger partial charge in [-0.15, -0.1) is 0 Å². The van der Waals surface area contributed by atoms with Crippen molar-refractivity contribution in [2.24, 2.45) is 0 Å². The number of carbonyl (C=O) groups excluding carboxylic acids is 2. The molecule has 1 aliphatic rings. The molecule has 108 valence electrons. The van der Waals surface area contributed by atoms with Crippen LogP contribution in [-0.4, -0.2) is 17.5 Å². The van der Waals surface area contributed by atoms with E-state index < -0.39 is 17.5 Å². The van der Waals surface area contributed by atoms with Crippen molar-refractivity contribution in [1.29, 1.82) is 0 Å². The third-order valence-corrected chi connectivity index (χ3v) is 3.40. The maximum atomic E-state index is 14.2. The quantitative estimate of drug-likeness (QED) is 0.836. The molecular formula is C14H15BrFNO3. The minimum absolute atomic E-state index is 0.105. The Hall–Kier alpha value is -1.43. The third kappa shape index (κ3) is 3.00. The summed E-state index contributed by atoms with van der Waals surface area (Å²) >= 11 is 3.09. The van der Waals surface area contributed by atoms with Crippen molar-refractivity contribution < 1.29 is 18.7 Å². The zero-order valence-electron chi connectivity index (χ0n) is 11.5. The van der Waals surface area contributed by atoms with Crippen molar-refractivity contribution in [2.45, 2.75) is 39.2 Å². The number of rotatable bonds is 1. The smallest absolute Gasteiger partial charge is 0.412 e. The largest absolute Gasteiger partial charge is 0.444 e. The average Bonchev–Trinajstić information content (AvgIpc) is 2.64. The molecule has 4 nitrogen and oxygen atoms in total. The Morgan fingerprint density at radius 2 is 2.05 bits per heavy atom. The minimum atomic E-state index is -0.781. The van der Waals surface area contributed by atoms with Crippen molar-refractivity contribution in [3.8, 4) is 0 Å². The summed E-state index contributed by atoms with van der Waals surface area (Å²) in [4.78, 5) is 23.6. The van der Waals surface area contributed by atoms with Crippen molar-refractivity contribution in [3.05, 3.63) is 27.5 Å². The van der Waals surface area contributed by atoms with E-state index in [-0.39, 0.29) is 21.5 Å². The van der Waals surface area contributed by atoms with Crippen molar-refractivity contribution in [2.75, 3.05) is 5.32 Å². The zero-order chi connectivity index (χ0) is 15.1. The van der Waals surface area contributed by atoms with E-state index in [0.29, 0.717) is 12.8 Å². The van der Waals surface area contributed by atoms with Gasteiger partial charge in [0.1, 0.15) is 5.60 Å². The molecule has 0 fully saturated rings. The number of hydrogen-bond acceptors (Lipinski definition) is 3. The van der Waals surface area contributed by atoms with Gasteiger partial charge in [-0.05, 0) is 54.8 Å². The summed E-state index contributed by atoms with van der Waals surface area (Å²) in [6.45, 7) is 5.12. The Kier molecular flexibility index (Phi) is 3.86. The van der Waals surface area contributed by atoms with Gasteiger partial charge in [0.15, 0.2) is 11.6 Å². The Balaban J connectivity index is 2.37. The van der Waals surface area contributed by atoms with Gasteiger partial charge in [0.25, 0.3) is 0 Å². The van der Waals surface area contributed by atoms with Gasteiger partial charge >= 0.3 is 6.09 Å². The second-order valence-corrected chi connectivity index (χ2v) is 6.49. The topological polar surface area (TPSA) is 55.4 Å². The molecule has 0 saturated heterocycles. The van der Waals surface area contributed by atoms with Gasteiger partial charge in [0.2, 0.25) is 0 Å². The van der Waals surface area contributed by atoms with Gasteiger partial charge in [-0.1, -0.05) is 0 Å². The number of Topliss-reactive ketones (excluding diaryl/α,β-unsaturated/α-hetero) is 1. The fourth-order valence-electron chi connectivity index (χ4n) is 2.09. The minimum Gasteiger partial charge on any atom is -0.444 e. The molecule has 2 rings (SSSR count). The maximum absolute atomic E-state index is 14.2. The Bertz CT molecular complexity index is 593. The monoisotopic (exact) mass is 343 g/mol. The summed E-state index contributed by atoms with van der Waals surface area (Å²) in [5.41, 5.74) is 0.178. The molecule has 0 heterocycles. The van der Waals surface area contributed by atoms with Gasteiger partial charge in [0.05, 0.1) is 10.2 Å². The predicted octanol–water partition coefficient (Wildman–Crippen LogP) is 4.06. The molecule has 0 bridgehead atoms. The van der Waals surface area contributed by atoms with Crippen LogP contribution in [-0.2, 0) is 11.2 Å². The molecule has 1 aromatic carbocycles. The standard InChI is InChI=1S/C14H15BrFNO3/c1-14(2,3)20-13(19)17-12-10-7(4-5-9(10)18)6-8(15)11(12)16/h6H,4-5H2,1-3H3,(H,17,19). The number of amides is 1. The van der Waals surface area contributed by atoms with Crippen molar-refractivity contribution in [1.82, 2.24) is 0 Å². The van der Waals surface area contributed by atoms with Gasteiger partial charge in [-0.25, -0.2) is 9.18 Å². The van der Waals surface area contributed by atoms with E-state index in [1.807, 2.05) is 0 Å². The molecule has 0 saturated carbocycles. The molecule has 0 radical (unpaired) electrons. The van der Waals surface area contributed by atoms with E-state index in [4.69, 9.17) is 4.74 Å². The van der Waals surface area contributed by atoms with Crippen LogP contribution in [0.2, 0.25) is 0 Å². The molecule has 0 aliphatic heterocycles. The Labute approximate surface area is 124 Å². The number of halogens is 2. The van der Waals surface area contributed by atoms with E-state index >= 15 is 0 Å². The lowest BCUT2D eigenvalue weighted by Crippen LogP contribution is -2.28. The maximum Gasteiger partial charge on any atom is 0.412 e. The molecule has 1 aliphatic carbocycles. The Morgan fingerprint density at radius 1 is 1.40 bits per heavy atom. The lowest BCUT2D eigenvalue weighted by Gasteiger charge is -2.20. The first kappa shape index (κ1) is 15.0. The van der Waals surface area contributed by atoms with Gasteiger partial charge in [-0.3, -0.25) is 10.1 Å². The van der Waals surface area contributed by atoms with Crippen molar-refractivity contribution >= 4 is 33.5 Å². The highest BCUT2D eigenvalue weighted by Gasteiger charge is 2.29. The first-order chi connectivity index (χ1) is 9.19. The summed E-state index contributed by atoms with van der Waals surface area (Å²) in [6, 6.07) is 1.58. The second kappa shape index (κ2) is 5.16. The van der Waals surface area contributed by atoms with E-state index in [2.05, 4.69) is 21.2 Å². The van der Waals surface area contributed by atoms with Crippen LogP contribution in [0, 0.1) is 5.82 Å². The van der Waals surface area contributed by atoms with E-state index in [0.717, 1.165) is 5.56 Å². The summed E-state index contributed by atoms with van der Waals surface area (Å²) < 4.78 is 19.5. The number of nitrogens with one attached hydrogen (secondary N) is 1. The molecule has 20 heavy (non-hydrogen) atoms. The second-order valence-electron chi connectivity index (χ2n) is 5.63. The summed E-state index contributed by atoms with van der Waals surface area (Å²) in [7, 11) is 0. The lowest BCUT2D eigenvalue weighted by atomic mass is 10.1. The van der Waals surface area contributed by atoms with Crippen LogP contribution >= 0.6 is 15.9 Å². The van der Waals surface area contributed by atoms with Gasteiger partial charge in [-0.2, -0.15) is 0 Å². The highest BCUT2D eigenvalue weighted by Crippen LogP contribution is 2.35. The number of benzene rings is 1. The number of hydrogen-bond donors (Lipinski definition) is 1. The number of anilines is 1. The van der Waals surface area contributed by atoms with Crippen LogP contribution in [0.1, 0.15) is 43.1 Å². The van der Waals surface area contributed by atoms with Crippen LogP contribution < -0.4 is 5.32 Å². The summed E-state index contributed by atoms with van der Waals surface area (Å²) in [6.07, 6.45) is 0.0981. The van der Waals surface area contributed by atoms with Crippen LogP contribution in [0.4, 0.5) is 14.9 Å². The SMILES string of the molecule is CC(C)(C)OC(=O)Nc1c(F)c(Br)cc2c1C(=O)CC2. The third-order valence-electron chi connectivity index (χ3n) is 2.83. The number of ether oxygens (including phenoxy) is 1. The molecular weight excluding hydrogens is 329 g/mol. The van der Waals surface area contributed by atoms with E-state index in [9.17, 15) is 14.0 Å². The molecule has 0 atom stereocenters. The van der Waals surface area contributed by atoms with Gasteiger partial charge < -0.3 is 4.74 Å². The van der Waals surface area contributed by atoms with Crippen LogP contribution in [0.3, 0.4) is 0 Å². The summed E-state index contributed by atoms with van der Waals surface area (Å²) in [5, 5.41) is 2.35. The number of aryl methyl sites for hydroxylation is 1. The fourth-order valence-corrected chi connectivity index (χ4v) is 2.56. The van der Waals surface area contributed by atoms with E-state index in [1.165, 1.54) is 0 Å². The molecule has 6 heteroatoms. The number of fused-ring (bicyclic) bond motifs is 1. The average molecular weight is 344 g/mol. The fraction of sp³-hybridized carbons (Fsp3) is 0.429. The van der Waals surface area contributed by atoms with Crippen molar-refractivity contribution in [3.63, 3.8) is 0 Å². The number of ketones is 1. The summed E-state index contributed by atoms with van der Waals surface area (Å²) in [5.74, 6) is -0.831. The molecule has 0 aromatic heterocycles. The predicted molar refractivity (Wildman–Crippen MR) is 76.6 cm³/mol. The molecule has 1 N–H and O–H groups in total. The number of carbonyl (C=O) groups is 2. The van der Waals surface area contributed by atoms with Crippen LogP contribution in [0.25, 0.3) is 0 Å².